The molecule has 0 aliphatic carbocycles. The van der Waals surface area contributed by atoms with Crippen LogP contribution in [0.5, 0.6) is 0 Å². The SMILES string of the molecule is CCN(CC)c1ccc(NC(=O)Nc2ccncc2)cc1. The lowest BCUT2D eigenvalue weighted by Gasteiger charge is -2.21. The molecule has 21 heavy (non-hydrogen) atoms. The van der Waals surface area contributed by atoms with E-state index in [1.54, 1.807) is 24.5 Å². The number of aromatic nitrogens is 1. The number of benzene rings is 1. The Balaban J connectivity index is 1.95. The lowest BCUT2D eigenvalue weighted by Crippen LogP contribution is -2.22. The minimum Gasteiger partial charge on any atom is -0.372 e. The second-order valence-electron chi connectivity index (χ2n) is 4.53. The Kier molecular flexibility index (Phi) is 5.15. The van der Waals surface area contributed by atoms with Crippen LogP contribution in [0.4, 0.5) is 21.9 Å². The van der Waals surface area contributed by atoms with E-state index < -0.39 is 0 Å². The van der Waals surface area contributed by atoms with Crippen molar-refractivity contribution in [3.05, 3.63) is 48.8 Å². The van der Waals surface area contributed by atoms with Gasteiger partial charge in [-0.3, -0.25) is 4.98 Å². The highest BCUT2D eigenvalue weighted by atomic mass is 16.2. The first-order valence-electron chi connectivity index (χ1n) is 7.06. The molecule has 0 bridgehead atoms. The first-order chi connectivity index (χ1) is 10.2. The van der Waals surface area contributed by atoms with E-state index in [0.717, 1.165) is 24.5 Å². The molecule has 2 aromatic rings. The summed E-state index contributed by atoms with van der Waals surface area (Å²) in [6, 6.07) is 11.0. The van der Waals surface area contributed by atoms with E-state index in [1.807, 2.05) is 24.3 Å². The Labute approximate surface area is 125 Å². The summed E-state index contributed by atoms with van der Waals surface area (Å²) in [6.07, 6.45) is 3.27. The normalized spacial score (nSPS) is 10.0. The van der Waals surface area contributed by atoms with E-state index in [1.165, 1.54) is 0 Å². The molecule has 1 aromatic heterocycles. The summed E-state index contributed by atoms with van der Waals surface area (Å²) in [4.78, 5) is 18.0. The number of anilines is 3. The molecule has 5 nitrogen and oxygen atoms in total. The summed E-state index contributed by atoms with van der Waals surface area (Å²) in [5.74, 6) is 0. The summed E-state index contributed by atoms with van der Waals surface area (Å²) in [5, 5.41) is 5.55. The smallest absolute Gasteiger partial charge is 0.323 e. The molecule has 1 aromatic carbocycles. The Morgan fingerprint density at radius 1 is 0.952 bits per heavy atom. The van der Waals surface area contributed by atoms with E-state index in [2.05, 4.69) is 34.4 Å². The van der Waals surface area contributed by atoms with Crippen molar-refractivity contribution in [1.29, 1.82) is 0 Å². The van der Waals surface area contributed by atoms with Gasteiger partial charge in [-0.15, -0.1) is 0 Å². The highest BCUT2D eigenvalue weighted by Crippen LogP contribution is 2.17. The van der Waals surface area contributed by atoms with Gasteiger partial charge in [0.2, 0.25) is 0 Å². The molecule has 2 amide bonds. The summed E-state index contributed by atoms with van der Waals surface area (Å²) in [7, 11) is 0. The minimum atomic E-state index is -0.267. The number of amides is 2. The molecule has 5 heteroatoms. The van der Waals surface area contributed by atoms with Crippen molar-refractivity contribution in [3.8, 4) is 0 Å². The Morgan fingerprint density at radius 3 is 2.00 bits per heavy atom. The van der Waals surface area contributed by atoms with Crippen molar-refractivity contribution in [2.75, 3.05) is 28.6 Å². The van der Waals surface area contributed by atoms with Gasteiger partial charge in [0.15, 0.2) is 0 Å². The lowest BCUT2D eigenvalue weighted by atomic mass is 10.2. The van der Waals surface area contributed by atoms with Gasteiger partial charge in [-0.25, -0.2) is 4.79 Å². The number of pyridine rings is 1. The molecule has 0 radical (unpaired) electrons. The molecule has 0 aliphatic heterocycles. The van der Waals surface area contributed by atoms with Crippen molar-refractivity contribution in [3.63, 3.8) is 0 Å². The van der Waals surface area contributed by atoms with E-state index in [0.29, 0.717) is 5.69 Å². The molecule has 0 atom stereocenters. The predicted molar refractivity (Wildman–Crippen MR) is 86.9 cm³/mol. The maximum absolute atomic E-state index is 11.9. The number of hydrogen-bond donors (Lipinski definition) is 2. The molecule has 0 fully saturated rings. The van der Waals surface area contributed by atoms with Crippen LogP contribution in [-0.2, 0) is 0 Å². The van der Waals surface area contributed by atoms with Crippen LogP contribution >= 0.6 is 0 Å². The van der Waals surface area contributed by atoms with Crippen molar-refractivity contribution >= 4 is 23.1 Å². The van der Waals surface area contributed by atoms with Crippen molar-refractivity contribution in [2.45, 2.75) is 13.8 Å². The summed E-state index contributed by atoms with van der Waals surface area (Å²) in [5.41, 5.74) is 2.62. The van der Waals surface area contributed by atoms with Crippen LogP contribution in [0.1, 0.15) is 13.8 Å². The lowest BCUT2D eigenvalue weighted by molar-refractivity contribution is 0.262. The second kappa shape index (κ2) is 7.28. The van der Waals surface area contributed by atoms with Crippen LogP contribution in [0, 0.1) is 0 Å². The molecular formula is C16H20N4O. The number of hydrogen-bond acceptors (Lipinski definition) is 3. The summed E-state index contributed by atoms with van der Waals surface area (Å²) < 4.78 is 0. The summed E-state index contributed by atoms with van der Waals surface area (Å²) in [6.45, 7) is 6.17. The topological polar surface area (TPSA) is 57.3 Å². The third kappa shape index (κ3) is 4.21. The van der Waals surface area contributed by atoms with E-state index in [-0.39, 0.29) is 6.03 Å². The molecule has 0 aliphatic rings. The first kappa shape index (κ1) is 14.8. The molecule has 0 spiro atoms. The number of urea groups is 1. The van der Waals surface area contributed by atoms with Crippen LogP contribution in [0.25, 0.3) is 0 Å². The third-order valence-corrected chi connectivity index (χ3v) is 3.19. The van der Waals surface area contributed by atoms with E-state index in [4.69, 9.17) is 0 Å². The fourth-order valence-corrected chi connectivity index (χ4v) is 2.07. The third-order valence-electron chi connectivity index (χ3n) is 3.19. The van der Waals surface area contributed by atoms with Crippen molar-refractivity contribution in [2.24, 2.45) is 0 Å². The fraction of sp³-hybridized carbons (Fsp3) is 0.250. The molecule has 1 heterocycles. The van der Waals surface area contributed by atoms with Gasteiger partial charge in [0.05, 0.1) is 0 Å². The maximum Gasteiger partial charge on any atom is 0.323 e. The predicted octanol–water partition coefficient (Wildman–Crippen LogP) is 3.57. The van der Waals surface area contributed by atoms with Gasteiger partial charge < -0.3 is 15.5 Å². The quantitative estimate of drug-likeness (QED) is 0.882. The van der Waals surface area contributed by atoms with E-state index >= 15 is 0 Å². The number of nitrogens with one attached hydrogen (secondary N) is 2. The second-order valence-corrected chi connectivity index (χ2v) is 4.53. The van der Waals surface area contributed by atoms with Gasteiger partial charge in [-0.05, 0) is 50.2 Å². The standard InChI is InChI=1S/C16H20N4O/c1-3-20(4-2)15-7-5-13(6-8-15)18-16(21)19-14-9-11-17-12-10-14/h5-12H,3-4H2,1-2H3,(H2,17,18,19,21). The Morgan fingerprint density at radius 2 is 1.48 bits per heavy atom. The number of carbonyl (C=O) groups is 1. The molecule has 0 saturated carbocycles. The van der Waals surface area contributed by atoms with E-state index in [9.17, 15) is 4.79 Å². The minimum absolute atomic E-state index is 0.267. The van der Waals surface area contributed by atoms with Crippen LogP contribution < -0.4 is 15.5 Å². The Bertz CT molecular complexity index is 565. The van der Waals surface area contributed by atoms with Crippen LogP contribution in [0.3, 0.4) is 0 Å². The van der Waals surface area contributed by atoms with Gasteiger partial charge in [0, 0.05) is 42.5 Å². The first-order valence-corrected chi connectivity index (χ1v) is 7.06. The Hall–Kier alpha value is -2.56. The molecule has 2 rings (SSSR count). The van der Waals surface area contributed by atoms with Crippen molar-refractivity contribution < 1.29 is 4.79 Å². The fourth-order valence-electron chi connectivity index (χ4n) is 2.07. The molecular weight excluding hydrogens is 264 g/mol. The molecule has 0 unspecified atom stereocenters. The zero-order chi connectivity index (χ0) is 15.1. The van der Waals surface area contributed by atoms with Crippen LogP contribution in [0.15, 0.2) is 48.8 Å². The van der Waals surface area contributed by atoms with Gasteiger partial charge in [-0.1, -0.05) is 0 Å². The van der Waals surface area contributed by atoms with Gasteiger partial charge in [-0.2, -0.15) is 0 Å². The van der Waals surface area contributed by atoms with Crippen LogP contribution in [0.2, 0.25) is 0 Å². The number of rotatable bonds is 5. The highest BCUT2D eigenvalue weighted by Gasteiger charge is 2.04. The average Bonchev–Trinajstić information content (AvgIpc) is 2.51. The van der Waals surface area contributed by atoms with Gasteiger partial charge in [0.25, 0.3) is 0 Å². The average molecular weight is 284 g/mol. The summed E-state index contributed by atoms with van der Waals surface area (Å²) >= 11 is 0. The molecule has 2 N–H and O–H groups in total. The van der Waals surface area contributed by atoms with Gasteiger partial charge in [0.1, 0.15) is 0 Å². The zero-order valence-corrected chi connectivity index (χ0v) is 12.3. The zero-order valence-electron chi connectivity index (χ0n) is 12.3. The molecule has 0 saturated heterocycles. The largest absolute Gasteiger partial charge is 0.372 e. The monoisotopic (exact) mass is 284 g/mol. The maximum atomic E-state index is 11.9. The number of carbonyl (C=O) groups excluding carboxylic acids is 1. The van der Waals surface area contributed by atoms with Crippen molar-refractivity contribution in [1.82, 2.24) is 4.98 Å². The molecule has 110 valence electrons. The highest BCUT2D eigenvalue weighted by molar-refractivity contribution is 5.99. The number of nitrogens with zero attached hydrogens (tertiary/aromatic N) is 2. The van der Waals surface area contributed by atoms with Gasteiger partial charge >= 0.3 is 6.03 Å². The van der Waals surface area contributed by atoms with Crippen LogP contribution in [-0.4, -0.2) is 24.1 Å².